The Hall–Kier alpha value is -1.25. The van der Waals surface area contributed by atoms with Gasteiger partial charge in [0, 0.05) is 9.52 Å². The van der Waals surface area contributed by atoms with Crippen molar-refractivity contribution < 1.29 is 20.8 Å². The Balaban J connectivity index is 0.000000182. The molecule has 0 saturated heterocycles. The van der Waals surface area contributed by atoms with E-state index in [-0.39, 0.29) is 0 Å². The number of rotatable bonds is 2. The molecular formula is C32H28Cl4SiZr. The maximum Gasteiger partial charge on any atom is -0.0253 e. The van der Waals surface area contributed by atoms with Crippen LogP contribution in [0.1, 0.15) is 23.6 Å². The molecular weight excluding hydrogens is 645 g/mol. The molecule has 6 rings (SSSR count). The van der Waals surface area contributed by atoms with Gasteiger partial charge >= 0.3 is 37.9 Å². The van der Waals surface area contributed by atoms with Gasteiger partial charge in [0.2, 0.25) is 0 Å². The first-order chi connectivity index (χ1) is 18.5. The Morgan fingerprint density at radius 1 is 0.842 bits per heavy atom. The fourth-order valence-electron chi connectivity index (χ4n) is 4.45. The second kappa shape index (κ2) is 16.1. The maximum absolute atomic E-state index is 6.34. The number of benzene rings is 4. The predicted molar refractivity (Wildman–Crippen MR) is 167 cm³/mol. The van der Waals surface area contributed by atoms with Crippen LogP contribution in [-0.2, 0) is 33.7 Å². The molecule has 0 fully saturated rings. The maximum atomic E-state index is 6.34. The largest absolute Gasteiger partial charge is 0.179 e. The molecule has 2 radical (unpaired) electrons. The van der Waals surface area contributed by atoms with E-state index in [9.17, 15) is 0 Å². The minimum atomic E-state index is -0.826. The van der Waals surface area contributed by atoms with E-state index >= 15 is 0 Å². The molecule has 0 unspecified atom stereocenters. The van der Waals surface area contributed by atoms with E-state index in [2.05, 4.69) is 92.8 Å². The smallest absolute Gasteiger partial charge is 0.0253 e. The number of aryl methyl sites for hydroxylation is 1. The summed E-state index contributed by atoms with van der Waals surface area (Å²) in [5.74, 6) is 0. The first kappa shape index (κ1) is 31.3. The van der Waals surface area contributed by atoms with E-state index in [1.807, 2.05) is 24.3 Å². The van der Waals surface area contributed by atoms with Crippen molar-refractivity contribution in [1.29, 1.82) is 0 Å². The number of halogens is 4. The summed E-state index contributed by atoms with van der Waals surface area (Å²) in [7, 11) is 11.0. The van der Waals surface area contributed by atoms with Crippen molar-refractivity contribution >= 4 is 60.5 Å². The Bertz CT molecular complexity index is 1420. The van der Waals surface area contributed by atoms with Crippen LogP contribution in [0, 0.1) is 6.07 Å². The first-order valence-corrected chi connectivity index (χ1v) is 21.3. The number of hydrogen-bond acceptors (Lipinski definition) is 0. The average molecular weight is 674 g/mol. The Labute approximate surface area is 258 Å². The fourth-order valence-corrected chi connectivity index (χ4v) is 4.85. The van der Waals surface area contributed by atoms with Crippen LogP contribution in [0.3, 0.4) is 0 Å². The van der Waals surface area contributed by atoms with E-state index in [1.54, 1.807) is 0 Å². The summed E-state index contributed by atoms with van der Waals surface area (Å²) in [6.45, 7) is 6.47. The molecule has 0 atom stereocenters. The molecule has 0 bridgehead atoms. The van der Waals surface area contributed by atoms with Crippen LogP contribution in [0.25, 0.3) is 33.0 Å². The molecule has 0 N–H and O–H groups in total. The van der Waals surface area contributed by atoms with Gasteiger partial charge in [0.05, 0.1) is 10.0 Å². The van der Waals surface area contributed by atoms with Gasteiger partial charge in [-0.25, -0.2) is 0 Å². The summed E-state index contributed by atoms with van der Waals surface area (Å²) in [6, 6.07) is 34.6. The molecule has 192 valence electrons. The van der Waals surface area contributed by atoms with Gasteiger partial charge < -0.3 is 0 Å². The minimum Gasteiger partial charge on any atom is -0.179 e. The van der Waals surface area contributed by atoms with Crippen molar-refractivity contribution in [2.45, 2.75) is 32.9 Å². The van der Waals surface area contributed by atoms with E-state index in [1.165, 1.54) is 38.6 Å². The average Bonchev–Trinajstić information content (AvgIpc) is 3.53. The molecule has 0 aliphatic heterocycles. The van der Waals surface area contributed by atoms with Crippen molar-refractivity contribution in [2.75, 3.05) is 0 Å². The van der Waals surface area contributed by atoms with Crippen LogP contribution in [-0.4, -0.2) is 9.52 Å². The van der Waals surface area contributed by atoms with Gasteiger partial charge in [0.1, 0.15) is 0 Å². The summed E-state index contributed by atoms with van der Waals surface area (Å²) in [5.41, 5.74) is 8.99. The monoisotopic (exact) mass is 670 g/mol. The summed E-state index contributed by atoms with van der Waals surface area (Å²) in [6.07, 6.45) is 2.09. The van der Waals surface area contributed by atoms with Gasteiger partial charge in [-0.15, -0.1) is 40.1 Å². The number of hydrogen-bond donors (Lipinski definition) is 0. The van der Waals surface area contributed by atoms with Gasteiger partial charge in [0.25, 0.3) is 0 Å². The summed E-state index contributed by atoms with van der Waals surface area (Å²) in [4.78, 5) is 0. The van der Waals surface area contributed by atoms with Crippen molar-refractivity contribution in [3.05, 3.63) is 124 Å². The zero-order valence-corrected chi connectivity index (χ0v) is 28.1. The van der Waals surface area contributed by atoms with Crippen LogP contribution < -0.4 is 0 Å². The molecule has 38 heavy (non-hydrogen) atoms. The van der Waals surface area contributed by atoms with Gasteiger partial charge in [-0.2, -0.15) is 35.9 Å². The quantitative estimate of drug-likeness (QED) is 0.127. The Morgan fingerprint density at radius 2 is 1.47 bits per heavy atom. The fraction of sp³-hybridized carbons (Fsp3) is 0.156. The second-order valence-corrected chi connectivity index (χ2v) is 14.1. The van der Waals surface area contributed by atoms with E-state index in [4.69, 9.17) is 40.2 Å². The van der Waals surface area contributed by atoms with E-state index < -0.39 is 20.8 Å². The normalized spacial score (nSPS) is 10.5. The molecule has 0 spiro atoms. The van der Waals surface area contributed by atoms with Gasteiger partial charge in [-0.3, -0.25) is 0 Å². The van der Waals surface area contributed by atoms with Crippen LogP contribution in [0.5, 0.6) is 0 Å². The molecule has 5 aromatic rings. The van der Waals surface area contributed by atoms with Crippen LogP contribution in [0.15, 0.2) is 91.0 Å². The minimum absolute atomic E-state index is 0.596. The topological polar surface area (TPSA) is 0 Å². The third-order valence-corrected chi connectivity index (χ3v) is 6.90. The predicted octanol–water partition coefficient (Wildman–Crippen LogP) is 11.3. The van der Waals surface area contributed by atoms with Gasteiger partial charge in [-0.1, -0.05) is 102 Å². The van der Waals surface area contributed by atoms with Crippen LogP contribution in [0.2, 0.25) is 23.1 Å². The Kier molecular flexibility index (Phi) is 13.3. The molecule has 1 aliphatic carbocycles. The van der Waals surface area contributed by atoms with Crippen LogP contribution in [0.4, 0.5) is 0 Å². The van der Waals surface area contributed by atoms with Crippen molar-refractivity contribution in [3.8, 4) is 22.3 Å². The van der Waals surface area contributed by atoms with Crippen molar-refractivity contribution in [3.63, 3.8) is 0 Å². The number of fused-ring (bicyclic) bond motifs is 4. The second-order valence-electron chi connectivity index (χ2n) is 8.59. The first-order valence-electron chi connectivity index (χ1n) is 12.2. The molecule has 0 aromatic heterocycles. The standard InChI is InChI=1S/C17H13Cl2.C13H9.C2H6Si.2ClH.Zr/c1-2-11-9-12-5-3-6-13(15(12)10-11)14-7-4-8-16(18)17(14)19;1-3-7-12-10(5-1)9-11-6-2-4-8-13(11)12;1-3-2;;;/h3-10H,2H2,1H3;1-5,7-8H,9H2;1-2H3;2*1H;/q2*-1;;;;+4/p-2. The van der Waals surface area contributed by atoms with Gasteiger partial charge in [0.15, 0.2) is 0 Å². The zero-order chi connectivity index (χ0) is 27.5. The molecule has 5 aromatic carbocycles. The summed E-state index contributed by atoms with van der Waals surface area (Å²) in [5, 5.41) is 3.71. The van der Waals surface area contributed by atoms with E-state index in [0.717, 1.165) is 33.5 Å². The van der Waals surface area contributed by atoms with Crippen molar-refractivity contribution in [1.82, 2.24) is 0 Å². The molecule has 6 heteroatoms. The zero-order valence-electron chi connectivity index (χ0n) is 21.6. The molecule has 0 heterocycles. The van der Waals surface area contributed by atoms with Crippen LogP contribution >= 0.6 is 40.2 Å². The summed E-state index contributed by atoms with van der Waals surface area (Å²) < 4.78 is 0. The third-order valence-electron chi connectivity index (χ3n) is 6.08. The van der Waals surface area contributed by atoms with Gasteiger partial charge in [-0.05, 0) is 24.5 Å². The summed E-state index contributed by atoms with van der Waals surface area (Å²) >= 11 is 11.6. The SMILES string of the molecule is CCc1cc2c(-c3cccc(Cl)c3Cl)cccc2[cH-]1.C[Si]C.[Cl][Zr+2][Cl].[c-]1cccc2c1Cc1ccccc1-2. The molecule has 0 amide bonds. The van der Waals surface area contributed by atoms with Crippen molar-refractivity contribution in [2.24, 2.45) is 0 Å². The molecule has 0 saturated carbocycles. The Morgan fingerprint density at radius 3 is 2.21 bits per heavy atom. The third kappa shape index (κ3) is 7.91. The van der Waals surface area contributed by atoms with E-state index in [0.29, 0.717) is 10.0 Å². The molecule has 1 aliphatic rings. The molecule has 0 nitrogen and oxygen atoms in total.